The monoisotopic (exact) mass is 923 g/mol. The van der Waals surface area contributed by atoms with Gasteiger partial charge in [0.25, 0.3) is 0 Å². The van der Waals surface area contributed by atoms with E-state index in [9.17, 15) is 30.0 Å². The Morgan fingerprint density at radius 3 is 1.68 bits per heavy atom. The van der Waals surface area contributed by atoms with Gasteiger partial charge >= 0.3 is 33.0 Å². The summed E-state index contributed by atoms with van der Waals surface area (Å²) in [5.41, 5.74) is 7.23. The third-order valence-corrected chi connectivity index (χ3v) is 8.49. The van der Waals surface area contributed by atoms with Gasteiger partial charge in [0.05, 0.1) is 54.1 Å². The van der Waals surface area contributed by atoms with Crippen LogP contribution in [0.25, 0.3) is 22.4 Å². The van der Waals surface area contributed by atoms with Crippen LogP contribution in [0.4, 0.5) is 25.2 Å². The van der Waals surface area contributed by atoms with Crippen LogP contribution in [-0.4, -0.2) is 54.0 Å². The van der Waals surface area contributed by atoms with Gasteiger partial charge in [0, 0.05) is 83.2 Å². The van der Waals surface area contributed by atoms with Gasteiger partial charge in [0.15, 0.2) is 5.78 Å². The molecule has 0 aliphatic heterocycles. The summed E-state index contributed by atoms with van der Waals surface area (Å²) in [4.78, 5) is 37.9. The topological polar surface area (TPSA) is 95.9 Å². The maximum absolute atomic E-state index is 12.1. The molecule has 0 saturated carbocycles. The maximum atomic E-state index is 12.1. The number of nitrogens with zero attached hydrogens (tertiary/aromatic N) is 4. The normalized spacial score (nSPS) is 12.2. The van der Waals surface area contributed by atoms with Crippen LogP contribution in [0.15, 0.2) is 131 Å². The molecule has 0 N–H and O–H groups in total. The third kappa shape index (κ3) is 23.4. The van der Waals surface area contributed by atoms with E-state index in [0.717, 1.165) is 73.2 Å². The van der Waals surface area contributed by atoms with Gasteiger partial charge in [-0.3, -0.25) is 19.7 Å². The summed E-state index contributed by atoms with van der Waals surface area (Å²) in [6.07, 6.45) is 8.84. The number of pyridine rings is 3. The van der Waals surface area contributed by atoms with E-state index in [-0.39, 0.29) is 5.78 Å². The molecule has 20 heteroatoms. The van der Waals surface area contributed by atoms with Gasteiger partial charge in [0.2, 0.25) is 0 Å². The Balaban J connectivity index is 0.000000307. The number of Topliss-reactive ketones (excluding diaryl/α,β-unsaturated/α-hetero) is 1. The Kier molecular flexibility index (Phi) is 20.0. The van der Waals surface area contributed by atoms with Crippen molar-refractivity contribution in [2.75, 3.05) is 28.3 Å². The summed E-state index contributed by atoms with van der Waals surface area (Å²) in [6, 6.07) is 25.0. The summed E-state index contributed by atoms with van der Waals surface area (Å²) in [7, 11) is -3.91. The molecule has 59 heavy (non-hydrogen) atoms. The van der Waals surface area contributed by atoms with E-state index in [1.165, 1.54) is 14.2 Å². The van der Waals surface area contributed by atoms with Gasteiger partial charge in [-0.15, -0.1) is 0 Å². The number of aryl methyl sites for hydroxylation is 2. The fourth-order valence-corrected chi connectivity index (χ4v) is 5.36. The zero-order valence-corrected chi connectivity index (χ0v) is 36.5. The summed E-state index contributed by atoms with van der Waals surface area (Å²) in [6.45, 7) is 7.34. The van der Waals surface area contributed by atoms with Crippen molar-refractivity contribution in [3.05, 3.63) is 149 Å². The molecule has 0 saturated heterocycles. The second-order valence-corrected chi connectivity index (χ2v) is 16.3. The minimum absolute atomic E-state index is 0.0612. The number of halogens is 8. The van der Waals surface area contributed by atoms with Crippen molar-refractivity contribution in [1.29, 1.82) is 0 Å². The number of hydrogen-bond donors (Lipinski definition) is 0. The van der Waals surface area contributed by atoms with E-state index in [2.05, 4.69) is 31.3 Å². The average molecular weight is 925 g/mol. The Labute approximate surface area is 357 Å². The zero-order valence-electron chi connectivity index (χ0n) is 32.4. The first-order valence-corrected chi connectivity index (χ1v) is 21.0. The Morgan fingerprint density at radius 2 is 1.25 bits per heavy atom. The SMILES string of the molecule is C=C/C(Cl)=C\N(C)C.COOSc1ccc(-c2cc(Cl)cnc2-c2ccc(C)nc2)cc1.COOSc1ccc(CC(=O)c2ccc(C)nc2)cc1.F[P-](F)(F)(F)(F)F. The standard InChI is InChI=1S/C18H15ClN2O2S.C15H15NO3S.C6H10ClN.F6P/c1-12-3-4-14(10-20-12)18-17(9-15(19)11-21-18)13-5-7-16(8-6-13)24-23-22-2;1-11-3-6-13(10-16-11)15(17)9-12-4-7-14(8-5-12)20-19-18-2;1-4-6(7)5-8(2)3;1-7(2,3,4,5)6/h3-11H,1-2H3;3-8,10H,9H2,1-2H3;4-5H,1H2,2-3H3;/q;;;-1/b;;6-5+;. The van der Waals surface area contributed by atoms with Crippen molar-refractivity contribution in [2.45, 2.75) is 30.1 Å². The van der Waals surface area contributed by atoms with Crippen molar-refractivity contribution in [1.82, 2.24) is 19.9 Å². The Bertz CT molecular complexity index is 2110. The predicted molar refractivity (Wildman–Crippen MR) is 225 cm³/mol. The first-order chi connectivity index (χ1) is 27.5. The fraction of sp³-hybridized carbons (Fsp3) is 0.179. The summed E-state index contributed by atoms with van der Waals surface area (Å²) in [5, 5.41) is 1.25. The van der Waals surface area contributed by atoms with Crippen molar-refractivity contribution in [3.8, 4) is 22.4 Å². The molecule has 3 heterocycles. The number of allylic oxidation sites excluding steroid dienone is 2. The zero-order chi connectivity index (χ0) is 44.3. The molecule has 0 aliphatic carbocycles. The van der Waals surface area contributed by atoms with Crippen LogP contribution in [0, 0.1) is 13.8 Å². The molecule has 0 spiro atoms. The minimum atomic E-state index is -10.7. The number of carbonyl (C=O) groups excluding carboxylic acids is 1. The number of aromatic nitrogens is 3. The van der Waals surface area contributed by atoms with E-state index in [1.807, 2.05) is 112 Å². The van der Waals surface area contributed by atoms with Crippen molar-refractivity contribution in [3.63, 3.8) is 0 Å². The molecular weight excluding hydrogens is 884 g/mol. The van der Waals surface area contributed by atoms with Crippen molar-refractivity contribution >= 4 is 60.9 Å². The van der Waals surface area contributed by atoms with Crippen LogP contribution < -0.4 is 0 Å². The van der Waals surface area contributed by atoms with Gasteiger partial charge in [-0.05, 0) is 85.6 Å². The van der Waals surface area contributed by atoms with E-state index in [1.54, 1.807) is 30.7 Å². The van der Waals surface area contributed by atoms with Crippen LogP contribution in [0.1, 0.15) is 27.3 Å². The first kappa shape index (κ1) is 51.1. The molecule has 0 radical (unpaired) electrons. The summed E-state index contributed by atoms with van der Waals surface area (Å²) in [5.74, 6) is 0.0612. The quantitative estimate of drug-likeness (QED) is 0.0215. The number of rotatable bonds is 13. The van der Waals surface area contributed by atoms with Crippen LogP contribution in [0.5, 0.6) is 0 Å². The molecule has 5 rings (SSSR count). The van der Waals surface area contributed by atoms with Crippen LogP contribution in [0.3, 0.4) is 0 Å². The number of hydrogen-bond acceptors (Lipinski definition) is 11. The number of ketones is 1. The van der Waals surface area contributed by atoms with E-state index in [0.29, 0.717) is 22.0 Å². The number of benzene rings is 2. The van der Waals surface area contributed by atoms with Gasteiger partial charge in [-0.25, -0.2) is 9.78 Å². The third-order valence-electron chi connectivity index (χ3n) is 6.70. The molecule has 0 bridgehead atoms. The van der Waals surface area contributed by atoms with E-state index >= 15 is 0 Å². The van der Waals surface area contributed by atoms with E-state index in [4.69, 9.17) is 31.9 Å². The summed E-state index contributed by atoms with van der Waals surface area (Å²) < 4.78 is 68.8. The second-order valence-electron chi connectivity index (χ2n) is 12.0. The molecule has 3 aromatic heterocycles. The van der Waals surface area contributed by atoms with Crippen LogP contribution in [0.2, 0.25) is 5.02 Å². The fourth-order valence-electron chi connectivity index (χ4n) is 4.22. The summed E-state index contributed by atoms with van der Waals surface area (Å²) >= 11 is 14.0. The molecule has 0 fully saturated rings. The van der Waals surface area contributed by atoms with Gasteiger partial charge in [-0.2, -0.15) is 8.67 Å². The molecule has 0 unspecified atom stereocenters. The molecule has 0 aliphatic rings. The van der Waals surface area contributed by atoms with Gasteiger partial charge in [-0.1, -0.05) is 54.0 Å². The van der Waals surface area contributed by atoms with Crippen LogP contribution in [-0.2, 0) is 24.9 Å². The van der Waals surface area contributed by atoms with Gasteiger partial charge in [0.1, 0.15) is 0 Å². The average Bonchev–Trinajstić information content (AvgIpc) is 3.16. The van der Waals surface area contributed by atoms with E-state index < -0.39 is 7.81 Å². The molecule has 9 nitrogen and oxygen atoms in total. The molecule has 2 aromatic carbocycles. The predicted octanol–water partition coefficient (Wildman–Crippen LogP) is 14.0. The Morgan fingerprint density at radius 1 is 0.763 bits per heavy atom. The van der Waals surface area contributed by atoms with Crippen molar-refractivity contribution < 1.29 is 48.4 Å². The van der Waals surface area contributed by atoms with Gasteiger partial charge < -0.3 is 4.90 Å². The Hall–Kier alpha value is -4.03. The molecule has 0 atom stereocenters. The number of carbonyl (C=O) groups is 1. The van der Waals surface area contributed by atoms with Crippen molar-refractivity contribution in [2.24, 2.45) is 0 Å². The first-order valence-electron chi connectivity index (χ1n) is 16.7. The molecule has 0 amide bonds. The molecule has 5 aromatic rings. The van der Waals surface area contributed by atoms with Crippen LogP contribution >= 0.6 is 55.1 Å². The molecule has 320 valence electrons. The second kappa shape index (κ2) is 23.1. The molecular formula is C39H40Cl2F6N4O5PS2-.